The number of carbonyl (C=O) groups is 1. The molecule has 0 bridgehead atoms. The van der Waals surface area contributed by atoms with Crippen molar-refractivity contribution in [3.05, 3.63) is 23.9 Å². The number of rotatable bonds is 4. The first-order valence-corrected chi connectivity index (χ1v) is 8.43. The molecule has 1 amide bonds. The van der Waals surface area contributed by atoms with Gasteiger partial charge in [-0.15, -0.1) is 0 Å². The lowest BCUT2D eigenvalue weighted by molar-refractivity contribution is 0.0725. The molecule has 2 unspecified atom stereocenters. The van der Waals surface area contributed by atoms with E-state index < -0.39 is 0 Å². The first-order chi connectivity index (χ1) is 11.0. The Bertz CT molecular complexity index is 544. The van der Waals surface area contributed by atoms with Crippen molar-refractivity contribution in [1.82, 2.24) is 14.8 Å². The lowest BCUT2D eigenvalue weighted by atomic mass is 10.0. The second-order valence-electron chi connectivity index (χ2n) is 7.24. The molecular weight excluding hydrogens is 290 g/mol. The van der Waals surface area contributed by atoms with E-state index in [1.54, 1.807) is 25.4 Å². The Kier molecular flexibility index (Phi) is 4.57. The fraction of sp³-hybridized carbons (Fsp3) is 0.667. The Hall–Kier alpha value is -1.62. The summed E-state index contributed by atoms with van der Waals surface area (Å²) < 4.78 is 5.05. The van der Waals surface area contributed by atoms with E-state index in [0.29, 0.717) is 17.5 Å². The van der Waals surface area contributed by atoms with Gasteiger partial charge in [-0.1, -0.05) is 0 Å². The third-order valence-electron chi connectivity index (χ3n) is 5.76. The predicted octanol–water partition coefficient (Wildman–Crippen LogP) is 2.28. The van der Waals surface area contributed by atoms with Crippen molar-refractivity contribution in [1.29, 1.82) is 0 Å². The number of hydrogen-bond acceptors (Lipinski definition) is 4. The van der Waals surface area contributed by atoms with Gasteiger partial charge in [-0.25, -0.2) is 4.98 Å². The molecule has 0 radical (unpaired) electrons. The lowest BCUT2D eigenvalue weighted by Gasteiger charge is -2.27. The normalized spacial score (nSPS) is 29.6. The van der Waals surface area contributed by atoms with Gasteiger partial charge in [0.25, 0.3) is 5.91 Å². The largest absolute Gasteiger partial charge is 0.481 e. The van der Waals surface area contributed by atoms with Crippen LogP contribution in [0.3, 0.4) is 0 Å². The molecule has 126 valence electrons. The maximum atomic E-state index is 12.7. The number of aromatic nitrogens is 1. The molecule has 2 aliphatic carbocycles. The Morgan fingerprint density at radius 3 is 2.17 bits per heavy atom. The Morgan fingerprint density at radius 2 is 1.70 bits per heavy atom. The van der Waals surface area contributed by atoms with Gasteiger partial charge in [0.05, 0.1) is 12.7 Å². The van der Waals surface area contributed by atoms with Gasteiger partial charge >= 0.3 is 0 Å². The molecule has 0 aliphatic heterocycles. The molecule has 5 heteroatoms. The van der Waals surface area contributed by atoms with Gasteiger partial charge in [0.15, 0.2) is 0 Å². The molecule has 1 aromatic rings. The first-order valence-electron chi connectivity index (χ1n) is 8.43. The molecule has 0 N–H and O–H groups in total. The summed E-state index contributed by atoms with van der Waals surface area (Å²) in [4.78, 5) is 21.1. The van der Waals surface area contributed by atoms with Gasteiger partial charge in [0.2, 0.25) is 5.88 Å². The highest BCUT2D eigenvalue weighted by Gasteiger charge is 2.44. The van der Waals surface area contributed by atoms with Crippen molar-refractivity contribution < 1.29 is 9.53 Å². The van der Waals surface area contributed by atoms with E-state index in [1.807, 2.05) is 11.9 Å². The van der Waals surface area contributed by atoms with Crippen LogP contribution in [0.15, 0.2) is 18.3 Å². The third kappa shape index (κ3) is 3.20. The minimum atomic E-state index is 0.0642. The smallest absolute Gasteiger partial charge is 0.255 e. The summed E-state index contributed by atoms with van der Waals surface area (Å²) in [5.41, 5.74) is 0.636. The molecule has 3 rings (SSSR count). The summed E-state index contributed by atoms with van der Waals surface area (Å²) in [5.74, 6) is 2.15. The van der Waals surface area contributed by atoms with Gasteiger partial charge in [-0.3, -0.25) is 4.79 Å². The quantitative estimate of drug-likeness (QED) is 0.855. The molecule has 1 heterocycles. The van der Waals surface area contributed by atoms with Gasteiger partial charge in [0, 0.05) is 31.4 Å². The summed E-state index contributed by atoms with van der Waals surface area (Å²) >= 11 is 0. The minimum Gasteiger partial charge on any atom is -0.481 e. The highest BCUT2D eigenvalue weighted by atomic mass is 16.5. The molecule has 23 heavy (non-hydrogen) atoms. The van der Waals surface area contributed by atoms with Crippen molar-refractivity contribution >= 4 is 5.91 Å². The maximum absolute atomic E-state index is 12.7. The van der Waals surface area contributed by atoms with Crippen LogP contribution in [-0.2, 0) is 0 Å². The number of pyridine rings is 1. The SMILES string of the molecule is COc1ccc(C(=O)N(C)C2C[C@H]3CC(N(C)C)C[C@H]3C2)cn1. The zero-order valence-corrected chi connectivity index (χ0v) is 14.5. The highest BCUT2D eigenvalue weighted by Crippen LogP contribution is 2.46. The molecular formula is C18H27N3O2. The summed E-state index contributed by atoms with van der Waals surface area (Å²) in [5, 5.41) is 0. The summed E-state index contributed by atoms with van der Waals surface area (Å²) in [6.07, 6.45) is 6.44. The number of methoxy groups -OCH3 is 1. The van der Waals surface area contributed by atoms with E-state index in [1.165, 1.54) is 12.8 Å². The number of nitrogens with zero attached hydrogens (tertiary/aromatic N) is 3. The monoisotopic (exact) mass is 317 g/mol. The number of carbonyl (C=O) groups excluding carboxylic acids is 1. The van der Waals surface area contributed by atoms with Crippen molar-refractivity contribution in [3.8, 4) is 5.88 Å². The maximum Gasteiger partial charge on any atom is 0.255 e. The molecule has 0 aromatic carbocycles. The second kappa shape index (κ2) is 6.48. The number of ether oxygens (including phenoxy) is 1. The highest BCUT2D eigenvalue weighted by molar-refractivity contribution is 5.94. The molecule has 2 saturated carbocycles. The first kappa shape index (κ1) is 16.2. The number of fused-ring (bicyclic) bond motifs is 1. The molecule has 0 spiro atoms. The Labute approximate surface area is 138 Å². The van der Waals surface area contributed by atoms with Crippen LogP contribution in [0.4, 0.5) is 0 Å². The van der Waals surface area contributed by atoms with Crippen LogP contribution in [0.25, 0.3) is 0 Å². The van der Waals surface area contributed by atoms with E-state index >= 15 is 0 Å². The van der Waals surface area contributed by atoms with Crippen molar-refractivity contribution in [2.45, 2.75) is 37.8 Å². The summed E-state index contributed by atoms with van der Waals surface area (Å²) in [6, 6.07) is 4.62. The molecule has 2 fully saturated rings. The van der Waals surface area contributed by atoms with Crippen molar-refractivity contribution in [3.63, 3.8) is 0 Å². The fourth-order valence-corrected chi connectivity index (χ4v) is 4.29. The topological polar surface area (TPSA) is 45.7 Å². The average Bonchev–Trinajstić information content (AvgIpc) is 3.12. The van der Waals surface area contributed by atoms with Crippen LogP contribution in [0.1, 0.15) is 36.0 Å². The summed E-state index contributed by atoms with van der Waals surface area (Å²) in [6.45, 7) is 0. The van der Waals surface area contributed by atoms with E-state index in [9.17, 15) is 4.79 Å². The zero-order chi connectivity index (χ0) is 16.6. The second-order valence-corrected chi connectivity index (χ2v) is 7.24. The van der Waals surface area contributed by atoms with Crippen LogP contribution in [-0.4, -0.2) is 61.0 Å². The van der Waals surface area contributed by atoms with Gasteiger partial charge in [-0.2, -0.15) is 0 Å². The van der Waals surface area contributed by atoms with E-state index in [2.05, 4.69) is 24.0 Å². The fourth-order valence-electron chi connectivity index (χ4n) is 4.29. The number of amides is 1. The Morgan fingerprint density at radius 1 is 1.09 bits per heavy atom. The van der Waals surface area contributed by atoms with E-state index in [4.69, 9.17) is 4.74 Å². The van der Waals surface area contributed by atoms with Crippen LogP contribution in [0.5, 0.6) is 5.88 Å². The van der Waals surface area contributed by atoms with E-state index in [0.717, 1.165) is 30.7 Å². The molecule has 5 nitrogen and oxygen atoms in total. The standard InChI is InChI=1S/C18H27N3O2/c1-20(2)15-7-13-9-16(10-14(13)8-15)21(3)18(22)12-5-6-17(23-4)19-11-12/h5-6,11,13-16H,7-10H2,1-4H3/t13-,14+,15?,16?. The van der Waals surface area contributed by atoms with Crippen LogP contribution >= 0.6 is 0 Å². The molecule has 4 atom stereocenters. The minimum absolute atomic E-state index is 0.0642. The summed E-state index contributed by atoms with van der Waals surface area (Å²) in [7, 11) is 7.86. The van der Waals surface area contributed by atoms with Crippen molar-refractivity contribution in [2.24, 2.45) is 11.8 Å². The van der Waals surface area contributed by atoms with Gasteiger partial charge in [0.1, 0.15) is 0 Å². The van der Waals surface area contributed by atoms with Gasteiger partial charge in [-0.05, 0) is 57.7 Å². The number of hydrogen-bond donors (Lipinski definition) is 0. The van der Waals surface area contributed by atoms with Crippen LogP contribution in [0, 0.1) is 11.8 Å². The molecule has 2 aliphatic rings. The molecule has 0 saturated heterocycles. The van der Waals surface area contributed by atoms with Crippen molar-refractivity contribution in [2.75, 3.05) is 28.3 Å². The van der Waals surface area contributed by atoms with Crippen LogP contribution in [0.2, 0.25) is 0 Å². The third-order valence-corrected chi connectivity index (χ3v) is 5.76. The van der Waals surface area contributed by atoms with Crippen LogP contribution < -0.4 is 4.74 Å². The predicted molar refractivity (Wildman–Crippen MR) is 89.6 cm³/mol. The zero-order valence-electron chi connectivity index (χ0n) is 14.5. The average molecular weight is 317 g/mol. The lowest BCUT2D eigenvalue weighted by Crippen LogP contribution is -2.36. The Balaban J connectivity index is 1.61. The molecule has 1 aromatic heterocycles. The van der Waals surface area contributed by atoms with E-state index in [-0.39, 0.29) is 5.91 Å². The van der Waals surface area contributed by atoms with Gasteiger partial charge < -0.3 is 14.5 Å².